The van der Waals surface area contributed by atoms with E-state index in [2.05, 4.69) is 15.9 Å². The molecule has 0 aromatic heterocycles. The maximum absolute atomic E-state index is 14.4. The van der Waals surface area contributed by atoms with Crippen molar-refractivity contribution in [3.8, 4) is 11.5 Å². The fraction of sp³-hybridized carbons (Fsp3) is 0.273. The van der Waals surface area contributed by atoms with Crippen LogP contribution in [0.2, 0.25) is 0 Å². The number of phenols is 1. The highest BCUT2D eigenvalue weighted by atomic mass is 79.9. The van der Waals surface area contributed by atoms with Crippen LogP contribution in [0.5, 0.6) is 11.5 Å². The Bertz CT molecular complexity index is 1840. The van der Waals surface area contributed by atoms with E-state index in [9.17, 15) is 28.7 Å². The summed E-state index contributed by atoms with van der Waals surface area (Å²) in [5.74, 6) is -6.93. The molecule has 1 N–H and O–H groups in total. The van der Waals surface area contributed by atoms with Crippen molar-refractivity contribution in [3.63, 3.8) is 0 Å². The Balaban J connectivity index is 1.41. The number of methoxy groups -OCH3 is 1. The topological polar surface area (TPSA) is 104 Å². The summed E-state index contributed by atoms with van der Waals surface area (Å²) in [7, 11) is 1.37. The number of fused-ring (bicyclic) bond motifs is 4. The van der Waals surface area contributed by atoms with Crippen LogP contribution >= 0.6 is 39.1 Å². The second kappa shape index (κ2) is 10.4. The van der Waals surface area contributed by atoms with Crippen LogP contribution in [0.4, 0.5) is 15.8 Å². The average molecular weight is 714 g/mol. The van der Waals surface area contributed by atoms with E-state index in [1.54, 1.807) is 42.5 Å². The summed E-state index contributed by atoms with van der Waals surface area (Å²) in [5, 5.41) is 11.4. The predicted octanol–water partition coefficient (Wildman–Crippen LogP) is 6.07. The fourth-order valence-corrected chi connectivity index (χ4v) is 8.72. The van der Waals surface area contributed by atoms with Crippen LogP contribution in [0.3, 0.4) is 0 Å². The quantitative estimate of drug-likeness (QED) is 0.200. The number of carbonyl (C=O) groups is 4. The van der Waals surface area contributed by atoms with E-state index in [4.69, 9.17) is 27.9 Å². The number of hydrogen-bond acceptors (Lipinski definition) is 6. The number of imide groups is 2. The number of para-hydroxylation sites is 1. The number of ether oxygens (including phenoxy) is 1. The Labute approximate surface area is 275 Å². The van der Waals surface area contributed by atoms with Gasteiger partial charge in [0.2, 0.25) is 11.8 Å². The van der Waals surface area contributed by atoms with Crippen LogP contribution in [0.15, 0.2) is 82.9 Å². The fourth-order valence-electron chi connectivity index (χ4n) is 7.53. The molecule has 6 atom stereocenters. The molecule has 3 fully saturated rings. The van der Waals surface area contributed by atoms with Crippen molar-refractivity contribution >= 4 is 74.1 Å². The van der Waals surface area contributed by atoms with Crippen LogP contribution in [-0.2, 0) is 19.2 Å². The molecule has 4 aliphatic rings. The number of amides is 4. The smallest absolute Gasteiger partial charge is 0.258 e. The van der Waals surface area contributed by atoms with Crippen molar-refractivity contribution in [1.29, 1.82) is 0 Å². The summed E-state index contributed by atoms with van der Waals surface area (Å²) < 4.78 is 20.0. The molecule has 0 spiro atoms. The lowest BCUT2D eigenvalue weighted by molar-refractivity contribution is -0.125. The molecule has 0 unspecified atom stereocenters. The maximum Gasteiger partial charge on any atom is 0.258 e. The molecule has 3 aromatic carbocycles. The predicted molar refractivity (Wildman–Crippen MR) is 168 cm³/mol. The standard InChI is InChI=1S/C33H24BrCl2FN2O6/c1-45-24-4-2-3-22(27(24)40)26-20-13-14-21-25(29(42)38(28(21)41)18-9-5-16(34)6-10-18)23(20)15-32(35)30(43)39(31(44)33(26,32)36)19-11-7-17(37)8-12-19/h2-13,21,23,25-26,40H,14-15H2,1H3/t21-,23+,25-,26+,32+,33-/m0/s1. The number of hydrogen-bond donors (Lipinski definition) is 1. The summed E-state index contributed by atoms with van der Waals surface area (Å²) in [4.78, 5) is 54.3. The van der Waals surface area contributed by atoms with Crippen molar-refractivity contribution in [2.24, 2.45) is 17.8 Å². The van der Waals surface area contributed by atoms with E-state index in [-0.39, 0.29) is 41.5 Å². The zero-order valence-corrected chi connectivity index (χ0v) is 26.6. The van der Waals surface area contributed by atoms with Crippen molar-refractivity contribution in [1.82, 2.24) is 0 Å². The third kappa shape index (κ3) is 4.01. The Morgan fingerprint density at radius 1 is 0.889 bits per heavy atom. The Kier molecular flexibility index (Phi) is 6.92. The third-order valence-electron chi connectivity index (χ3n) is 9.54. The minimum atomic E-state index is -2.17. The molecule has 12 heteroatoms. The average Bonchev–Trinajstić information content (AvgIpc) is 3.36. The minimum absolute atomic E-state index is 0.0674. The van der Waals surface area contributed by atoms with Gasteiger partial charge in [-0.1, -0.05) is 39.7 Å². The van der Waals surface area contributed by atoms with Gasteiger partial charge in [0.05, 0.1) is 30.3 Å². The molecule has 4 amide bonds. The normalized spacial score (nSPS) is 30.6. The summed E-state index contributed by atoms with van der Waals surface area (Å²) in [6.45, 7) is 0. The summed E-state index contributed by atoms with van der Waals surface area (Å²) in [6, 6.07) is 16.3. The number of alkyl halides is 2. The van der Waals surface area contributed by atoms with Gasteiger partial charge in [-0.3, -0.25) is 24.1 Å². The molecule has 7 rings (SSSR count). The van der Waals surface area contributed by atoms with Crippen molar-refractivity contribution in [3.05, 3.63) is 94.2 Å². The molecular weight excluding hydrogens is 690 g/mol. The largest absolute Gasteiger partial charge is 0.504 e. The lowest BCUT2D eigenvalue weighted by Gasteiger charge is -2.50. The summed E-state index contributed by atoms with van der Waals surface area (Å²) >= 11 is 18.1. The lowest BCUT2D eigenvalue weighted by Crippen LogP contribution is -2.60. The molecule has 45 heavy (non-hydrogen) atoms. The van der Waals surface area contributed by atoms with Gasteiger partial charge >= 0.3 is 0 Å². The highest BCUT2D eigenvalue weighted by molar-refractivity contribution is 9.10. The first-order chi connectivity index (χ1) is 21.4. The molecule has 2 heterocycles. The van der Waals surface area contributed by atoms with E-state index in [1.807, 2.05) is 0 Å². The first-order valence-electron chi connectivity index (χ1n) is 14.2. The first-order valence-corrected chi connectivity index (χ1v) is 15.7. The van der Waals surface area contributed by atoms with E-state index < -0.39 is 57.0 Å². The number of anilines is 2. The SMILES string of the molecule is COc1cccc([C@H]2C3=CC[C@@H]4C(=O)N(c5ccc(Br)cc5)C(=O)[C@@H]4[C@@H]3C[C@@]3(Cl)C(=O)N(c4ccc(F)cc4)C(=O)[C@@]23Cl)c1O. The van der Waals surface area contributed by atoms with Crippen molar-refractivity contribution in [2.45, 2.75) is 28.5 Å². The molecular formula is C33H24BrCl2FN2O6. The molecule has 1 saturated carbocycles. The van der Waals surface area contributed by atoms with Gasteiger partial charge in [-0.25, -0.2) is 9.29 Å². The van der Waals surface area contributed by atoms with Crippen molar-refractivity contribution in [2.75, 3.05) is 16.9 Å². The van der Waals surface area contributed by atoms with E-state index in [0.29, 0.717) is 11.3 Å². The number of rotatable bonds is 4. The van der Waals surface area contributed by atoms with E-state index in [0.717, 1.165) is 26.4 Å². The zero-order chi connectivity index (χ0) is 32.0. The van der Waals surface area contributed by atoms with Gasteiger partial charge in [-0.2, -0.15) is 0 Å². The summed E-state index contributed by atoms with van der Waals surface area (Å²) in [5.41, 5.74) is 1.17. The highest BCUT2D eigenvalue weighted by Gasteiger charge is 2.77. The molecule has 230 valence electrons. The third-order valence-corrected chi connectivity index (χ3v) is 11.5. The van der Waals surface area contributed by atoms with Gasteiger partial charge in [0, 0.05) is 16.0 Å². The molecule has 0 radical (unpaired) electrons. The number of nitrogens with zero attached hydrogens (tertiary/aromatic N) is 2. The Morgan fingerprint density at radius 3 is 2.20 bits per heavy atom. The Hall–Kier alpha value is -3.73. The van der Waals surface area contributed by atoms with Crippen LogP contribution in [0.1, 0.15) is 24.3 Å². The zero-order valence-electron chi connectivity index (χ0n) is 23.5. The number of halogens is 4. The first kappa shape index (κ1) is 30.0. The van der Waals surface area contributed by atoms with E-state index >= 15 is 0 Å². The molecule has 0 bridgehead atoms. The molecule has 2 saturated heterocycles. The monoisotopic (exact) mass is 712 g/mol. The summed E-state index contributed by atoms with van der Waals surface area (Å²) in [6.07, 6.45) is 1.72. The number of allylic oxidation sites excluding steroid dienone is 2. The van der Waals surface area contributed by atoms with Gasteiger partial charge in [-0.15, -0.1) is 23.2 Å². The van der Waals surface area contributed by atoms with Crippen molar-refractivity contribution < 1.29 is 33.4 Å². The minimum Gasteiger partial charge on any atom is -0.504 e. The van der Waals surface area contributed by atoms with Gasteiger partial charge in [0.15, 0.2) is 21.2 Å². The number of phenolic OH excluding ortho intramolecular Hbond substituents is 1. The van der Waals surface area contributed by atoms with Gasteiger partial charge < -0.3 is 9.84 Å². The molecule has 2 aliphatic heterocycles. The molecule has 2 aliphatic carbocycles. The van der Waals surface area contributed by atoms with Gasteiger partial charge in [-0.05, 0) is 73.4 Å². The number of aromatic hydroxyl groups is 1. The highest BCUT2D eigenvalue weighted by Crippen LogP contribution is 2.66. The molecule has 3 aromatic rings. The van der Waals surface area contributed by atoms with Crippen LogP contribution in [0.25, 0.3) is 0 Å². The van der Waals surface area contributed by atoms with Gasteiger partial charge in [0.25, 0.3) is 11.8 Å². The van der Waals surface area contributed by atoms with Crippen LogP contribution in [-0.4, -0.2) is 45.6 Å². The van der Waals surface area contributed by atoms with E-state index in [1.165, 1.54) is 25.3 Å². The van der Waals surface area contributed by atoms with Gasteiger partial charge in [0.1, 0.15) is 5.82 Å². The lowest BCUT2D eigenvalue weighted by atomic mass is 9.56. The molecule has 8 nitrogen and oxygen atoms in total. The number of benzene rings is 3. The van der Waals surface area contributed by atoms with Crippen LogP contribution in [0, 0.1) is 23.6 Å². The maximum atomic E-state index is 14.4. The second-order valence-electron chi connectivity index (χ2n) is 11.6. The number of carbonyl (C=O) groups excluding carboxylic acids is 4. The second-order valence-corrected chi connectivity index (χ2v) is 13.8. The van der Waals surface area contributed by atoms with Crippen LogP contribution < -0.4 is 14.5 Å². The Morgan fingerprint density at radius 2 is 1.53 bits per heavy atom.